The van der Waals surface area contributed by atoms with E-state index in [4.69, 9.17) is 0 Å². The predicted molar refractivity (Wildman–Crippen MR) is 86.4 cm³/mol. The van der Waals surface area contributed by atoms with E-state index >= 15 is 0 Å². The second kappa shape index (κ2) is 7.31. The molecular formula is C17H15BrFNO2. The number of carbonyl (C=O) groups is 2. The minimum absolute atomic E-state index is 0.266. The van der Waals surface area contributed by atoms with Gasteiger partial charge in [0.15, 0.2) is 12.0 Å². The molecule has 3 nitrogen and oxygen atoms in total. The average molecular weight is 364 g/mol. The fraction of sp³-hybridized carbons (Fsp3) is 0.176. The van der Waals surface area contributed by atoms with Gasteiger partial charge in [-0.25, -0.2) is 4.39 Å². The monoisotopic (exact) mass is 363 g/mol. The molecule has 0 aliphatic heterocycles. The first-order valence-corrected chi connectivity index (χ1v) is 7.54. The van der Waals surface area contributed by atoms with Gasteiger partial charge in [-0.1, -0.05) is 58.4 Å². The molecule has 0 heterocycles. The predicted octanol–water partition coefficient (Wildman–Crippen LogP) is 3.85. The first-order chi connectivity index (χ1) is 10.5. The molecule has 22 heavy (non-hydrogen) atoms. The van der Waals surface area contributed by atoms with Gasteiger partial charge in [-0.05, 0) is 17.7 Å². The van der Waals surface area contributed by atoms with Gasteiger partial charge in [-0.2, -0.15) is 0 Å². The molecular weight excluding hydrogens is 349 g/mol. The van der Waals surface area contributed by atoms with Gasteiger partial charge in [-0.3, -0.25) is 9.59 Å². The van der Waals surface area contributed by atoms with E-state index in [1.807, 2.05) is 0 Å². The lowest BCUT2D eigenvalue weighted by atomic mass is 9.96. The summed E-state index contributed by atoms with van der Waals surface area (Å²) in [6.07, 6.45) is -1.85. The van der Waals surface area contributed by atoms with E-state index < -0.39 is 18.0 Å². The summed E-state index contributed by atoms with van der Waals surface area (Å²) in [5.74, 6) is -1.05. The molecule has 0 aliphatic carbocycles. The van der Waals surface area contributed by atoms with E-state index in [2.05, 4.69) is 21.2 Å². The van der Waals surface area contributed by atoms with Crippen LogP contribution in [0.25, 0.3) is 0 Å². The van der Waals surface area contributed by atoms with Gasteiger partial charge in [0, 0.05) is 17.0 Å². The number of amides is 1. The number of rotatable bonds is 5. The molecule has 0 aliphatic rings. The smallest absolute Gasteiger partial charge is 0.217 e. The first-order valence-electron chi connectivity index (χ1n) is 6.75. The molecule has 0 aromatic heterocycles. The Morgan fingerprint density at radius 2 is 1.64 bits per heavy atom. The average Bonchev–Trinajstić information content (AvgIpc) is 2.52. The van der Waals surface area contributed by atoms with Crippen molar-refractivity contribution >= 4 is 27.6 Å². The molecule has 0 spiro atoms. The molecule has 0 fully saturated rings. The Balaban J connectivity index is 2.28. The Morgan fingerprint density at radius 3 is 2.18 bits per heavy atom. The minimum atomic E-state index is -1.85. The summed E-state index contributed by atoms with van der Waals surface area (Å²) in [6.45, 7) is 1.30. The van der Waals surface area contributed by atoms with Gasteiger partial charge in [-0.15, -0.1) is 0 Å². The summed E-state index contributed by atoms with van der Waals surface area (Å²) in [5.41, 5.74) is 0.817. The number of halogens is 2. The van der Waals surface area contributed by atoms with Crippen LogP contribution in [0.3, 0.4) is 0 Å². The quantitative estimate of drug-likeness (QED) is 0.820. The molecule has 2 unspecified atom stereocenters. The summed E-state index contributed by atoms with van der Waals surface area (Å²) in [4.78, 5) is 23.7. The van der Waals surface area contributed by atoms with Crippen LogP contribution in [0.1, 0.15) is 28.9 Å². The van der Waals surface area contributed by atoms with E-state index in [0.29, 0.717) is 5.56 Å². The molecule has 0 saturated carbocycles. The number of carbonyl (C=O) groups excluding carboxylic acids is 2. The maximum absolute atomic E-state index is 14.7. The Kier molecular flexibility index (Phi) is 5.44. The molecule has 2 rings (SSSR count). The zero-order valence-corrected chi connectivity index (χ0v) is 13.5. The molecule has 0 saturated heterocycles. The van der Waals surface area contributed by atoms with Crippen LogP contribution in [0.2, 0.25) is 0 Å². The maximum atomic E-state index is 14.7. The molecule has 114 valence electrons. The van der Waals surface area contributed by atoms with E-state index in [1.165, 1.54) is 6.92 Å². The maximum Gasteiger partial charge on any atom is 0.217 e. The number of benzene rings is 2. The highest BCUT2D eigenvalue weighted by molar-refractivity contribution is 9.10. The van der Waals surface area contributed by atoms with Gasteiger partial charge >= 0.3 is 0 Å². The van der Waals surface area contributed by atoms with E-state index in [1.54, 1.807) is 54.6 Å². The number of hydrogen-bond donors (Lipinski definition) is 1. The molecule has 1 amide bonds. The number of Topliss-reactive ketones (excluding diaryl/α,β-unsaturated/α-hetero) is 1. The topological polar surface area (TPSA) is 46.2 Å². The normalized spacial score (nSPS) is 13.2. The van der Waals surface area contributed by atoms with Crippen molar-refractivity contribution in [1.82, 2.24) is 5.32 Å². The Morgan fingerprint density at radius 1 is 1.05 bits per heavy atom. The van der Waals surface area contributed by atoms with Crippen molar-refractivity contribution in [3.63, 3.8) is 0 Å². The van der Waals surface area contributed by atoms with Crippen molar-refractivity contribution in [2.24, 2.45) is 0 Å². The van der Waals surface area contributed by atoms with Crippen LogP contribution in [0.5, 0.6) is 0 Å². The molecule has 0 radical (unpaired) electrons. The molecule has 0 bridgehead atoms. The van der Waals surface area contributed by atoms with Crippen LogP contribution < -0.4 is 5.32 Å². The van der Waals surface area contributed by atoms with Crippen LogP contribution in [-0.2, 0) is 4.79 Å². The third-order valence-corrected chi connectivity index (χ3v) is 3.72. The fourth-order valence-corrected chi connectivity index (χ4v) is 2.39. The summed E-state index contributed by atoms with van der Waals surface area (Å²) in [6, 6.07) is 14.1. The van der Waals surface area contributed by atoms with E-state index in [-0.39, 0.29) is 11.5 Å². The van der Waals surface area contributed by atoms with Gasteiger partial charge in [0.2, 0.25) is 5.91 Å². The fourth-order valence-electron chi connectivity index (χ4n) is 2.13. The second-order valence-corrected chi connectivity index (χ2v) is 5.78. The SMILES string of the molecule is CC(=O)NC(c1ccccc1)C(F)C(=O)c1ccc(Br)cc1. The number of alkyl halides is 1. The van der Waals surface area contributed by atoms with Gasteiger partial charge in [0.1, 0.15) is 0 Å². The lowest BCUT2D eigenvalue weighted by Crippen LogP contribution is -2.37. The van der Waals surface area contributed by atoms with E-state index in [0.717, 1.165) is 4.47 Å². The van der Waals surface area contributed by atoms with Gasteiger partial charge in [0.05, 0.1) is 6.04 Å². The highest BCUT2D eigenvalue weighted by Gasteiger charge is 2.30. The standard InChI is InChI=1S/C17H15BrFNO2/c1-11(21)20-16(12-5-3-2-4-6-12)15(19)17(22)13-7-9-14(18)10-8-13/h2-10,15-16H,1H3,(H,20,21). The Labute approximate surface area is 136 Å². The Bertz CT molecular complexity index is 658. The molecule has 2 atom stereocenters. The number of nitrogens with one attached hydrogen (secondary N) is 1. The highest BCUT2D eigenvalue weighted by atomic mass is 79.9. The number of hydrogen-bond acceptors (Lipinski definition) is 2. The lowest BCUT2D eigenvalue weighted by molar-refractivity contribution is -0.120. The summed E-state index contributed by atoms with van der Waals surface area (Å²) >= 11 is 3.27. The summed E-state index contributed by atoms with van der Waals surface area (Å²) < 4.78 is 15.5. The highest BCUT2D eigenvalue weighted by Crippen LogP contribution is 2.23. The molecule has 2 aromatic rings. The minimum Gasteiger partial charge on any atom is -0.346 e. The molecule has 1 N–H and O–H groups in total. The van der Waals surface area contributed by atoms with Crippen molar-refractivity contribution in [3.8, 4) is 0 Å². The Hall–Kier alpha value is -2.01. The lowest BCUT2D eigenvalue weighted by Gasteiger charge is -2.21. The largest absolute Gasteiger partial charge is 0.346 e. The number of ketones is 1. The summed E-state index contributed by atoms with van der Waals surface area (Å²) in [7, 11) is 0. The van der Waals surface area contributed by atoms with Crippen molar-refractivity contribution in [3.05, 3.63) is 70.2 Å². The summed E-state index contributed by atoms with van der Waals surface area (Å²) in [5, 5.41) is 2.51. The van der Waals surface area contributed by atoms with Crippen molar-refractivity contribution in [1.29, 1.82) is 0 Å². The van der Waals surface area contributed by atoms with Crippen LogP contribution in [0.15, 0.2) is 59.1 Å². The third-order valence-electron chi connectivity index (χ3n) is 3.19. The zero-order chi connectivity index (χ0) is 16.1. The van der Waals surface area contributed by atoms with Crippen LogP contribution in [0.4, 0.5) is 4.39 Å². The third kappa shape index (κ3) is 4.01. The van der Waals surface area contributed by atoms with Gasteiger partial charge < -0.3 is 5.32 Å². The van der Waals surface area contributed by atoms with E-state index in [9.17, 15) is 14.0 Å². The van der Waals surface area contributed by atoms with Crippen LogP contribution >= 0.6 is 15.9 Å². The molecule has 5 heteroatoms. The van der Waals surface area contributed by atoms with Gasteiger partial charge in [0.25, 0.3) is 0 Å². The van der Waals surface area contributed by atoms with Crippen LogP contribution in [0, 0.1) is 0 Å². The van der Waals surface area contributed by atoms with Crippen molar-refractivity contribution in [2.75, 3.05) is 0 Å². The molecule has 2 aromatic carbocycles. The first kappa shape index (κ1) is 16.4. The van der Waals surface area contributed by atoms with Crippen LogP contribution in [-0.4, -0.2) is 17.9 Å². The zero-order valence-electron chi connectivity index (χ0n) is 11.9. The van der Waals surface area contributed by atoms with Crippen molar-refractivity contribution < 1.29 is 14.0 Å². The second-order valence-electron chi connectivity index (χ2n) is 4.86. The van der Waals surface area contributed by atoms with Crippen molar-refractivity contribution in [2.45, 2.75) is 19.1 Å².